The van der Waals surface area contributed by atoms with Gasteiger partial charge in [0.1, 0.15) is 5.82 Å². The van der Waals surface area contributed by atoms with Crippen LogP contribution in [0.15, 0.2) is 42.5 Å². The molecule has 0 aliphatic heterocycles. The molecule has 0 amide bonds. The van der Waals surface area contributed by atoms with E-state index < -0.39 is 0 Å². The number of benzene rings is 2. The molecule has 0 spiro atoms. The third-order valence-corrected chi connectivity index (χ3v) is 3.51. The molecule has 0 saturated heterocycles. The molecule has 19 heavy (non-hydrogen) atoms. The summed E-state index contributed by atoms with van der Waals surface area (Å²) in [6.45, 7) is 0. The Kier molecular flexibility index (Phi) is 4.56. The van der Waals surface area contributed by atoms with Gasteiger partial charge in [-0.3, -0.25) is 4.79 Å². The number of carbonyl (C=O) groups is 1. The van der Waals surface area contributed by atoms with Gasteiger partial charge < -0.3 is 0 Å². The van der Waals surface area contributed by atoms with E-state index in [1.54, 1.807) is 30.3 Å². The van der Waals surface area contributed by atoms with Crippen LogP contribution in [0.2, 0.25) is 10.0 Å². The standard InChI is InChI=1S/C15H11Cl2FO/c16-13-6-5-11(9-14(13)17)15(19)7-4-10-2-1-3-12(18)8-10/h1-3,5-6,8-9H,4,7H2. The number of rotatable bonds is 4. The van der Waals surface area contributed by atoms with Crippen LogP contribution in [0.25, 0.3) is 0 Å². The van der Waals surface area contributed by atoms with Gasteiger partial charge in [-0.2, -0.15) is 0 Å². The fourth-order valence-corrected chi connectivity index (χ4v) is 2.06. The normalized spacial score (nSPS) is 10.5. The van der Waals surface area contributed by atoms with Gasteiger partial charge in [-0.05, 0) is 42.3 Å². The van der Waals surface area contributed by atoms with Crippen LogP contribution in [-0.2, 0) is 6.42 Å². The monoisotopic (exact) mass is 296 g/mol. The molecule has 0 aliphatic rings. The lowest BCUT2D eigenvalue weighted by Gasteiger charge is -2.03. The minimum Gasteiger partial charge on any atom is -0.294 e. The van der Waals surface area contributed by atoms with Crippen LogP contribution in [0.5, 0.6) is 0 Å². The fourth-order valence-electron chi connectivity index (χ4n) is 1.76. The van der Waals surface area contributed by atoms with Crippen molar-refractivity contribution in [1.29, 1.82) is 0 Å². The maximum Gasteiger partial charge on any atom is 0.163 e. The van der Waals surface area contributed by atoms with Crippen molar-refractivity contribution < 1.29 is 9.18 Å². The molecular formula is C15H11Cl2FO. The smallest absolute Gasteiger partial charge is 0.163 e. The van der Waals surface area contributed by atoms with E-state index >= 15 is 0 Å². The Hall–Kier alpha value is -1.38. The molecule has 0 radical (unpaired) electrons. The third-order valence-electron chi connectivity index (χ3n) is 2.77. The molecular weight excluding hydrogens is 286 g/mol. The molecule has 0 bridgehead atoms. The Morgan fingerprint density at radius 2 is 1.84 bits per heavy atom. The van der Waals surface area contributed by atoms with Crippen molar-refractivity contribution in [1.82, 2.24) is 0 Å². The molecule has 0 aliphatic carbocycles. The molecule has 0 aromatic heterocycles. The molecule has 0 saturated carbocycles. The SMILES string of the molecule is O=C(CCc1cccc(F)c1)c1ccc(Cl)c(Cl)c1. The average Bonchev–Trinajstić information content (AvgIpc) is 2.39. The number of ketones is 1. The summed E-state index contributed by atoms with van der Waals surface area (Å²) in [4.78, 5) is 12.0. The van der Waals surface area contributed by atoms with Crippen molar-refractivity contribution in [3.8, 4) is 0 Å². The fraction of sp³-hybridized carbons (Fsp3) is 0.133. The van der Waals surface area contributed by atoms with Crippen molar-refractivity contribution in [3.63, 3.8) is 0 Å². The topological polar surface area (TPSA) is 17.1 Å². The van der Waals surface area contributed by atoms with E-state index in [0.29, 0.717) is 28.5 Å². The summed E-state index contributed by atoms with van der Waals surface area (Å²) in [5.74, 6) is -0.331. The molecule has 1 nitrogen and oxygen atoms in total. The summed E-state index contributed by atoms with van der Waals surface area (Å²) in [7, 11) is 0. The van der Waals surface area contributed by atoms with Crippen molar-refractivity contribution in [2.45, 2.75) is 12.8 Å². The average molecular weight is 297 g/mol. The summed E-state index contributed by atoms with van der Waals surface area (Å²) in [5.41, 5.74) is 1.32. The van der Waals surface area contributed by atoms with Gasteiger partial charge in [0.25, 0.3) is 0 Å². The van der Waals surface area contributed by atoms with E-state index in [2.05, 4.69) is 0 Å². The van der Waals surface area contributed by atoms with Crippen LogP contribution in [0.4, 0.5) is 4.39 Å². The number of aryl methyl sites for hydroxylation is 1. The minimum absolute atomic E-state index is 0.0390. The Bertz CT molecular complexity index is 611. The van der Waals surface area contributed by atoms with Crippen LogP contribution in [0, 0.1) is 5.82 Å². The molecule has 0 atom stereocenters. The lowest BCUT2D eigenvalue weighted by molar-refractivity contribution is 0.0983. The molecule has 0 fully saturated rings. The molecule has 2 aromatic rings. The second-order valence-electron chi connectivity index (χ2n) is 4.18. The van der Waals surface area contributed by atoms with Crippen LogP contribution in [0.3, 0.4) is 0 Å². The lowest BCUT2D eigenvalue weighted by Crippen LogP contribution is -2.01. The summed E-state index contributed by atoms with van der Waals surface area (Å²) in [6.07, 6.45) is 0.804. The third kappa shape index (κ3) is 3.79. The lowest BCUT2D eigenvalue weighted by atomic mass is 10.0. The minimum atomic E-state index is -0.292. The maximum atomic E-state index is 13.0. The number of carbonyl (C=O) groups excluding carboxylic acids is 1. The highest BCUT2D eigenvalue weighted by molar-refractivity contribution is 6.42. The molecule has 0 N–H and O–H groups in total. The summed E-state index contributed by atoms with van der Waals surface area (Å²) in [5, 5.41) is 0.779. The predicted octanol–water partition coefficient (Wildman–Crippen LogP) is 4.95. The number of Topliss-reactive ketones (excluding diaryl/α,β-unsaturated/α-hetero) is 1. The van der Waals surface area contributed by atoms with Crippen molar-refractivity contribution in [2.75, 3.05) is 0 Å². The van der Waals surface area contributed by atoms with E-state index in [-0.39, 0.29) is 11.6 Å². The van der Waals surface area contributed by atoms with Gasteiger partial charge in [-0.15, -0.1) is 0 Å². The van der Waals surface area contributed by atoms with Crippen molar-refractivity contribution in [2.24, 2.45) is 0 Å². The first-order valence-electron chi connectivity index (χ1n) is 5.79. The Balaban J connectivity index is 2.03. The molecule has 2 rings (SSSR count). The largest absolute Gasteiger partial charge is 0.294 e. The van der Waals surface area contributed by atoms with E-state index in [9.17, 15) is 9.18 Å². The van der Waals surface area contributed by atoms with Gasteiger partial charge in [0.2, 0.25) is 0 Å². The Labute approximate surface area is 121 Å². The van der Waals surface area contributed by atoms with E-state index in [0.717, 1.165) is 5.56 Å². The first-order valence-corrected chi connectivity index (χ1v) is 6.54. The first kappa shape index (κ1) is 14.0. The van der Waals surface area contributed by atoms with E-state index in [1.807, 2.05) is 0 Å². The second-order valence-corrected chi connectivity index (χ2v) is 5.00. The summed E-state index contributed by atoms with van der Waals surface area (Å²) < 4.78 is 13.0. The quantitative estimate of drug-likeness (QED) is 0.730. The van der Waals surface area contributed by atoms with E-state index in [4.69, 9.17) is 23.2 Å². The van der Waals surface area contributed by atoms with Crippen LogP contribution in [0.1, 0.15) is 22.3 Å². The van der Waals surface area contributed by atoms with Crippen molar-refractivity contribution in [3.05, 3.63) is 69.5 Å². The Morgan fingerprint density at radius 1 is 1.05 bits per heavy atom. The van der Waals surface area contributed by atoms with Crippen LogP contribution in [-0.4, -0.2) is 5.78 Å². The Morgan fingerprint density at radius 3 is 2.53 bits per heavy atom. The zero-order chi connectivity index (χ0) is 13.8. The highest BCUT2D eigenvalue weighted by atomic mass is 35.5. The number of hydrogen-bond donors (Lipinski definition) is 0. The summed E-state index contributed by atoms with van der Waals surface area (Å²) >= 11 is 11.7. The molecule has 0 heterocycles. The van der Waals surface area contributed by atoms with Gasteiger partial charge in [0.15, 0.2) is 5.78 Å². The van der Waals surface area contributed by atoms with Gasteiger partial charge in [-0.25, -0.2) is 4.39 Å². The highest BCUT2D eigenvalue weighted by Gasteiger charge is 2.08. The number of halogens is 3. The van der Waals surface area contributed by atoms with Gasteiger partial charge in [0.05, 0.1) is 10.0 Å². The zero-order valence-corrected chi connectivity index (χ0v) is 11.5. The first-order chi connectivity index (χ1) is 9.06. The molecule has 4 heteroatoms. The maximum absolute atomic E-state index is 13.0. The van der Waals surface area contributed by atoms with E-state index in [1.165, 1.54) is 12.1 Å². The predicted molar refractivity (Wildman–Crippen MR) is 75.5 cm³/mol. The second kappa shape index (κ2) is 6.18. The summed E-state index contributed by atoms with van der Waals surface area (Å²) in [6, 6.07) is 11.0. The van der Waals surface area contributed by atoms with Gasteiger partial charge in [0, 0.05) is 12.0 Å². The van der Waals surface area contributed by atoms with Gasteiger partial charge in [-0.1, -0.05) is 35.3 Å². The molecule has 0 unspecified atom stereocenters. The van der Waals surface area contributed by atoms with Crippen molar-refractivity contribution >= 4 is 29.0 Å². The number of hydrogen-bond acceptors (Lipinski definition) is 1. The molecule has 2 aromatic carbocycles. The highest BCUT2D eigenvalue weighted by Crippen LogP contribution is 2.23. The molecule has 98 valence electrons. The zero-order valence-electron chi connectivity index (χ0n) is 10.00. The van der Waals surface area contributed by atoms with Crippen LogP contribution >= 0.6 is 23.2 Å². The van der Waals surface area contributed by atoms with Gasteiger partial charge >= 0.3 is 0 Å². The van der Waals surface area contributed by atoms with Crippen LogP contribution < -0.4 is 0 Å².